The molecule has 4 aliphatic heterocycles. The number of carbonyl (C=O) groups excluding carboxylic acids is 4. The fourth-order valence-corrected chi connectivity index (χ4v) is 9.11. The molecule has 1 atom stereocenters. The normalized spacial score (nSPS) is 14.1. The number of amides is 2. The van der Waals surface area contributed by atoms with Gasteiger partial charge in [-0.3, -0.25) is 19.8 Å². The van der Waals surface area contributed by atoms with Crippen molar-refractivity contribution < 1.29 is 48.0 Å². The molecule has 21 nitrogen and oxygen atoms in total. The number of carboxylic acids is 1. The van der Waals surface area contributed by atoms with E-state index in [9.17, 15) is 24.0 Å². The Balaban J connectivity index is 0.000000181. The van der Waals surface area contributed by atoms with Crippen molar-refractivity contribution in [2.45, 2.75) is 52.0 Å². The molecule has 11 rings (SSSR count). The SMILES string of the molecule is COC(=O)c1cccc(C2=NNC(C)C2)c1.COc1ccc(C(=O)CNC(=O)c2cccc(C3=NN=C(C)C3)c2)cc1.COc1ccc(C(=O)NN)cc1.COc1ccc(C2=NN=C(c3cccc(C4=NN=C(Cc5ccc(C(=O)O)cc5)C4)c3)C2)cc1.Cl. The Morgan fingerprint density at radius 1 is 0.528 bits per heavy atom. The highest BCUT2D eigenvalue weighted by Gasteiger charge is 2.21. The number of carboxylic acid groups (broad SMARTS) is 1. The minimum Gasteiger partial charge on any atom is -0.497 e. The minimum atomic E-state index is -0.927. The number of hydrogen-bond donors (Lipinski definition) is 5. The first kappa shape index (κ1) is 65.8. The molecule has 7 aromatic carbocycles. The van der Waals surface area contributed by atoms with Crippen molar-refractivity contribution in [2.24, 2.45) is 41.6 Å². The zero-order valence-corrected chi connectivity index (χ0v) is 50.5. The number of benzene rings is 7. The Morgan fingerprint density at radius 3 is 1.55 bits per heavy atom. The summed E-state index contributed by atoms with van der Waals surface area (Å²) in [5.41, 5.74) is 19.8. The molecule has 0 fully saturated rings. The molecule has 6 N–H and O–H groups in total. The maximum atomic E-state index is 12.4. The first-order valence-corrected chi connectivity index (χ1v) is 27.8. The summed E-state index contributed by atoms with van der Waals surface area (Å²) < 4.78 is 19.9. The van der Waals surface area contributed by atoms with Crippen molar-refractivity contribution in [1.82, 2.24) is 16.2 Å². The number of ketones is 1. The molecule has 456 valence electrons. The predicted molar refractivity (Wildman–Crippen MR) is 347 cm³/mol. The highest BCUT2D eigenvalue weighted by Crippen LogP contribution is 2.23. The summed E-state index contributed by atoms with van der Waals surface area (Å²) in [6.45, 7) is 3.91. The van der Waals surface area contributed by atoms with E-state index in [0.29, 0.717) is 65.5 Å². The number of nitrogens with two attached hydrogens (primary N) is 1. The molecule has 22 heteroatoms. The molecule has 0 saturated carbocycles. The summed E-state index contributed by atoms with van der Waals surface area (Å²) in [5.74, 6) is 5.13. The number of hydrazine groups is 1. The second kappa shape index (κ2) is 32.1. The van der Waals surface area contributed by atoms with Gasteiger partial charge in [0.25, 0.3) is 11.8 Å². The topological polar surface area (TPSA) is 291 Å². The maximum Gasteiger partial charge on any atom is 0.337 e. The lowest BCUT2D eigenvalue weighted by molar-refractivity contribution is 0.0599. The number of nitrogens with zero attached hydrogens (tertiary/aromatic N) is 7. The Kier molecular flexibility index (Phi) is 23.7. The number of ether oxygens (including phenoxy) is 4. The molecule has 0 spiro atoms. The number of halogens is 1. The lowest BCUT2D eigenvalue weighted by Gasteiger charge is -2.07. The second-order valence-corrected chi connectivity index (χ2v) is 20.2. The predicted octanol–water partition coefficient (Wildman–Crippen LogP) is 9.94. The lowest BCUT2D eigenvalue weighted by Crippen LogP contribution is -2.29. The van der Waals surface area contributed by atoms with Crippen molar-refractivity contribution in [2.75, 3.05) is 35.0 Å². The Hall–Kier alpha value is -10.8. The summed E-state index contributed by atoms with van der Waals surface area (Å²) in [5, 5.41) is 41.7. The fraction of sp³-hybridized carbons (Fsp3) is 0.194. The molecule has 4 heterocycles. The van der Waals surface area contributed by atoms with Crippen LogP contribution in [-0.4, -0.2) is 116 Å². The largest absolute Gasteiger partial charge is 0.497 e. The van der Waals surface area contributed by atoms with Crippen LogP contribution in [0.4, 0.5) is 0 Å². The van der Waals surface area contributed by atoms with Gasteiger partial charge in [-0.15, -0.1) is 12.4 Å². The number of hydrogen-bond acceptors (Lipinski definition) is 18. The van der Waals surface area contributed by atoms with Crippen LogP contribution in [0.15, 0.2) is 206 Å². The van der Waals surface area contributed by atoms with Gasteiger partial charge in [0.2, 0.25) is 0 Å². The Bertz CT molecular complexity index is 3920. The van der Waals surface area contributed by atoms with Gasteiger partial charge in [-0.25, -0.2) is 15.4 Å². The van der Waals surface area contributed by atoms with Gasteiger partial charge in [0.15, 0.2) is 5.78 Å². The quantitative estimate of drug-likeness (QED) is 0.0187. The Morgan fingerprint density at radius 2 is 1.01 bits per heavy atom. The molecule has 2 amide bonds. The highest BCUT2D eigenvalue weighted by molar-refractivity contribution is 6.22. The molecule has 0 bridgehead atoms. The molecule has 89 heavy (non-hydrogen) atoms. The maximum absolute atomic E-state index is 12.4. The van der Waals surface area contributed by atoms with Crippen LogP contribution in [0.5, 0.6) is 17.2 Å². The van der Waals surface area contributed by atoms with Gasteiger partial charge in [-0.2, -0.15) is 35.7 Å². The average Bonchev–Trinajstić information content (AvgIpc) is 3.45. The van der Waals surface area contributed by atoms with Crippen LogP contribution in [0.2, 0.25) is 0 Å². The third-order valence-electron chi connectivity index (χ3n) is 13.9. The van der Waals surface area contributed by atoms with Crippen molar-refractivity contribution in [3.05, 3.63) is 231 Å². The Labute approximate surface area is 520 Å². The number of Topliss-reactive ketones (excluding diaryl/α,β-unsaturated/α-hetero) is 1. The molecule has 0 radical (unpaired) electrons. The number of nitrogens with one attached hydrogen (secondary N) is 3. The number of aromatic carboxylic acids is 1. The van der Waals surface area contributed by atoms with E-state index < -0.39 is 5.97 Å². The zero-order valence-electron chi connectivity index (χ0n) is 49.7. The van der Waals surface area contributed by atoms with Gasteiger partial charge >= 0.3 is 11.9 Å². The van der Waals surface area contributed by atoms with Crippen LogP contribution in [0.25, 0.3) is 0 Å². The van der Waals surface area contributed by atoms with Crippen LogP contribution in [0.1, 0.15) is 125 Å². The third-order valence-corrected chi connectivity index (χ3v) is 13.9. The van der Waals surface area contributed by atoms with Crippen LogP contribution in [0.3, 0.4) is 0 Å². The van der Waals surface area contributed by atoms with E-state index in [1.807, 2.05) is 91.2 Å². The zero-order chi connectivity index (χ0) is 62.5. The van der Waals surface area contributed by atoms with Crippen molar-refractivity contribution in [3.63, 3.8) is 0 Å². The van der Waals surface area contributed by atoms with Crippen molar-refractivity contribution in [3.8, 4) is 17.2 Å². The standard InChI is InChI=1S/C27H22N4O3.C20H19N3O3.C12H14N2O2.C8H10N2O2.ClH/c1-34-23-11-9-18(10-12-23)25-16-26(31-30-25)21-4-2-3-20(14-21)24-15-22(28-29-24)13-17-5-7-19(8-6-17)27(32)33;1-13-10-18(23-22-13)15-4-3-5-16(11-15)20(25)21-12-19(24)14-6-8-17(26-2)9-7-14;1-8-6-11(14-13-8)9-4-3-5-10(7-9)12(15)16-2;1-12-7-4-2-6(3-5-7)8(11)10-9;/h2-12,14H,13,15-16H2,1H3,(H,32,33);3-9,11H,10,12H2,1-2H3,(H,21,25);3-5,7-8,13H,6H2,1-2H3;2-5H,9H2,1H3,(H,10,11);1H. The average molecular weight is 1220 g/mol. The van der Waals surface area contributed by atoms with E-state index in [1.54, 1.807) is 106 Å². The van der Waals surface area contributed by atoms with Gasteiger partial charge in [0.05, 0.1) is 80.4 Å². The van der Waals surface area contributed by atoms with E-state index in [4.69, 9.17) is 25.2 Å². The number of methoxy groups -OCH3 is 4. The first-order chi connectivity index (χ1) is 42.6. The van der Waals surface area contributed by atoms with E-state index in [1.165, 1.54) is 7.11 Å². The number of nitrogen functional groups attached to an aromatic ring is 1. The molecule has 4 aliphatic rings. The van der Waals surface area contributed by atoms with Gasteiger partial charge < -0.3 is 34.8 Å². The molecule has 0 aliphatic carbocycles. The summed E-state index contributed by atoms with van der Waals surface area (Å²) in [4.78, 5) is 57.9. The highest BCUT2D eigenvalue weighted by atomic mass is 35.5. The van der Waals surface area contributed by atoms with Crippen LogP contribution in [-0.2, 0) is 11.2 Å². The number of hydrazone groups is 1. The minimum absolute atomic E-state index is 0. The number of esters is 1. The van der Waals surface area contributed by atoms with Crippen LogP contribution < -0.4 is 36.2 Å². The summed E-state index contributed by atoms with van der Waals surface area (Å²) in [7, 11) is 6.16. The van der Waals surface area contributed by atoms with Crippen molar-refractivity contribution in [1.29, 1.82) is 0 Å². The molecule has 7 aromatic rings. The van der Waals surface area contributed by atoms with Gasteiger partial charge in [-0.05, 0) is 162 Å². The number of rotatable bonds is 17. The molecule has 0 aromatic heterocycles. The third kappa shape index (κ3) is 18.4. The molecule has 0 saturated heterocycles. The van der Waals surface area contributed by atoms with E-state index >= 15 is 0 Å². The molecular formula is C67H66ClN11O10. The van der Waals surface area contributed by atoms with Gasteiger partial charge in [-0.1, -0.05) is 54.6 Å². The van der Waals surface area contributed by atoms with Crippen LogP contribution >= 0.6 is 12.4 Å². The molecular weight excluding hydrogens is 1150 g/mol. The number of carbonyl (C=O) groups is 5. The van der Waals surface area contributed by atoms with E-state index in [2.05, 4.69) is 64.2 Å². The first-order valence-electron chi connectivity index (χ1n) is 27.8. The summed E-state index contributed by atoms with van der Waals surface area (Å²) >= 11 is 0. The van der Waals surface area contributed by atoms with Gasteiger partial charge in [0.1, 0.15) is 17.2 Å². The monoisotopic (exact) mass is 1220 g/mol. The summed E-state index contributed by atoms with van der Waals surface area (Å²) in [6.07, 6.45) is 3.52. The smallest absolute Gasteiger partial charge is 0.337 e. The summed E-state index contributed by atoms with van der Waals surface area (Å²) in [6, 6.07) is 51.2. The van der Waals surface area contributed by atoms with E-state index in [-0.39, 0.29) is 48.1 Å². The molecule has 1 unspecified atom stereocenters. The van der Waals surface area contributed by atoms with Gasteiger partial charge in [0, 0.05) is 60.5 Å². The van der Waals surface area contributed by atoms with Crippen LogP contribution in [0, 0.1) is 0 Å². The van der Waals surface area contributed by atoms with Crippen molar-refractivity contribution >= 4 is 81.9 Å². The fourth-order valence-electron chi connectivity index (χ4n) is 9.11. The second-order valence-electron chi connectivity index (χ2n) is 20.2. The van der Waals surface area contributed by atoms with E-state index in [0.717, 1.165) is 85.5 Å². The lowest BCUT2D eigenvalue weighted by atomic mass is 9.96.